The van der Waals surface area contributed by atoms with Crippen LogP contribution in [0.4, 0.5) is 13.2 Å². The van der Waals surface area contributed by atoms with Gasteiger partial charge in [-0.25, -0.2) is 9.97 Å². The predicted octanol–water partition coefficient (Wildman–Crippen LogP) is 6.41. The first kappa shape index (κ1) is 30.9. The number of pyridine rings is 3. The van der Waals surface area contributed by atoms with E-state index in [-0.39, 0.29) is 23.7 Å². The fourth-order valence-electron chi connectivity index (χ4n) is 4.01. The first-order valence-electron chi connectivity index (χ1n) is 12.7. The first-order valence-corrected chi connectivity index (χ1v) is 13.1. The van der Waals surface area contributed by atoms with Crippen molar-refractivity contribution in [3.05, 3.63) is 98.2 Å². The zero-order chi connectivity index (χ0) is 29.8. The Kier molecular flexibility index (Phi) is 9.48. The molecule has 0 bridgehead atoms. The van der Waals surface area contributed by atoms with Crippen molar-refractivity contribution in [1.29, 1.82) is 0 Å². The van der Waals surface area contributed by atoms with Gasteiger partial charge in [-0.05, 0) is 81.5 Å². The molecule has 0 radical (unpaired) electrons. The van der Waals surface area contributed by atoms with Crippen LogP contribution in [0.25, 0.3) is 17.1 Å². The van der Waals surface area contributed by atoms with E-state index in [0.717, 1.165) is 17.8 Å². The highest BCUT2D eigenvalue weighted by Crippen LogP contribution is 2.29. The molecule has 212 valence electrons. The SMILES string of the molecule is CC.Cc1cnc(-c2ccnc(C(C)(C)O)n2)cc1-n1c(C)cc(CCc2cncc(C(F)(F)F)c2)c(Cl)c1=O. The van der Waals surface area contributed by atoms with Gasteiger partial charge in [0.25, 0.3) is 5.56 Å². The summed E-state index contributed by atoms with van der Waals surface area (Å²) in [5, 5.41) is 10.3. The van der Waals surface area contributed by atoms with Crippen LogP contribution in [0.2, 0.25) is 5.02 Å². The van der Waals surface area contributed by atoms with Gasteiger partial charge in [0.2, 0.25) is 0 Å². The lowest BCUT2D eigenvalue weighted by molar-refractivity contribution is -0.137. The molecule has 0 fully saturated rings. The van der Waals surface area contributed by atoms with Crippen molar-refractivity contribution in [2.75, 3.05) is 0 Å². The van der Waals surface area contributed by atoms with Gasteiger partial charge in [0, 0.05) is 30.5 Å². The Balaban J connectivity index is 0.00000216. The van der Waals surface area contributed by atoms with Crippen molar-refractivity contribution in [3.8, 4) is 17.1 Å². The second kappa shape index (κ2) is 12.3. The summed E-state index contributed by atoms with van der Waals surface area (Å²) >= 11 is 6.48. The molecule has 7 nitrogen and oxygen atoms in total. The van der Waals surface area contributed by atoms with E-state index in [2.05, 4.69) is 19.9 Å². The lowest BCUT2D eigenvalue weighted by Crippen LogP contribution is -2.23. The average molecular weight is 574 g/mol. The molecule has 0 amide bonds. The maximum Gasteiger partial charge on any atom is 0.417 e. The molecule has 0 spiro atoms. The summed E-state index contributed by atoms with van der Waals surface area (Å²) in [6.07, 6.45) is 1.30. The van der Waals surface area contributed by atoms with E-state index in [1.165, 1.54) is 17.0 Å². The second-order valence-electron chi connectivity index (χ2n) is 9.53. The van der Waals surface area contributed by atoms with E-state index >= 15 is 0 Å². The van der Waals surface area contributed by atoms with Gasteiger partial charge in [0.15, 0.2) is 5.82 Å². The third-order valence-electron chi connectivity index (χ3n) is 5.99. The van der Waals surface area contributed by atoms with Gasteiger partial charge in [-0.1, -0.05) is 25.4 Å². The molecule has 0 saturated heterocycles. The van der Waals surface area contributed by atoms with E-state index in [9.17, 15) is 23.1 Å². The molecular weight excluding hydrogens is 543 g/mol. The molecule has 4 rings (SSSR count). The summed E-state index contributed by atoms with van der Waals surface area (Å²) in [6.45, 7) is 10.7. The van der Waals surface area contributed by atoms with Crippen LogP contribution in [0, 0.1) is 13.8 Å². The highest BCUT2D eigenvalue weighted by molar-refractivity contribution is 6.31. The molecule has 0 aliphatic heterocycles. The first-order chi connectivity index (χ1) is 18.8. The lowest BCUT2D eigenvalue weighted by atomic mass is 10.0. The van der Waals surface area contributed by atoms with Gasteiger partial charge in [0.1, 0.15) is 10.6 Å². The summed E-state index contributed by atoms with van der Waals surface area (Å²) in [6, 6.07) is 6.17. The van der Waals surface area contributed by atoms with Crippen molar-refractivity contribution in [1.82, 2.24) is 24.5 Å². The summed E-state index contributed by atoms with van der Waals surface area (Å²) in [4.78, 5) is 30.0. The standard InChI is InChI=1S/C27H25ClF3N5O2.C2H6/c1-15-12-34-21(20-7-8-33-25(35-20)26(3,4)38)11-22(15)36-16(2)9-18(23(28)24(36)37)6-5-17-10-19(14-32-13-17)27(29,30)31;1-2/h7-14,38H,5-6H2,1-4H3;1-2H3. The van der Waals surface area contributed by atoms with Crippen molar-refractivity contribution >= 4 is 11.6 Å². The number of aromatic nitrogens is 5. The number of alkyl halides is 3. The largest absolute Gasteiger partial charge is 0.417 e. The smallest absolute Gasteiger partial charge is 0.382 e. The summed E-state index contributed by atoms with van der Waals surface area (Å²) in [5.74, 6) is 0.232. The number of hydrogen-bond acceptors (Lipinski definition) is 6. The summed E-state index contributed by atoms with van der Waals surface area (Å²) < 4.78 is 40.5. The fourth-order valence-corrected chi connectivity index (χ4v) is 4.24. The molecule has 0 unspecified atom stereocenters. The van der Waals surface area contributed by atoms with Crippen LogP contribution < -0.4 is 5.56 Å². The molecule has 0 atom stereocenters. The van der Waals surface area contributed by atoms with Crippen LogP contribution in [0.15, 0.2) is 53.8 Å². The molecule has 11 heteroatoms. The quantitative estimate of drug-likeness (QED) is 0.286. The topological polar surface area (TPSA) is 93.8 Å². The van der Waals surface area contributed by atoms with Crippen molar-refractivity contribution in [2.45, 2.75) is 66.2 Å². The minimum atomic E-state index is -4.49. The Hall–Kier alpha value is -3.63. The van der Waals surface area contributed by atoms with Gasteiger partial charge in [-0.3, -0.25) is 19.3 Å². The molecule has 1 N–H and O–H groups in total. The van der Waals surface area contributed by atoms with Crippen molar-refractivity contribution in [3.63, 3.8) is 0 Å². The number of aliphatic hydroxyl groups is 1. The third-order valence-corrected chi connectivity index (χ3v) is 6.40. The Labute approximate surface area is 235 Å². The van der Waals surface area contributed by atoms with Gasteiger partial charge in [0.05, 0.1) is 22.6 Å². The average Bonchev–Trinajstić information content (AvgIpc) is 2.91. The van der Waals surface area contributed by atoms with Crippen LogP contribution in [0.3, 0.4) is 0 Å². The number of nitrogens with zero attached hydrogens (tertiary/aromatic N) is 5. The molecule has 4 aromatic heterocycles. The van der Waals surface area contributed by atoms with Gasteiger partial charge in [-0.2, -0.15) is 13.2 Å². The van der Waals surface area contributed by atoms with Gasteiger partial charge >= 0.3 is 6.18 Å². The monoisotopic (exact) mass is 573 g/mol. The predicted molar refractivity (Wildman–Crippen MR) is 149 cm³/mol. The van der Waals surface area contributed by atoms with Crippen molar-refractivity contribution < 1.29 is 18.3 Å². The van der Waals surface area contributed by atoms with E-state index in [4.69, 9.17) is 11.6 Å². The number of halogens is 4. The van der Waals surface area contributed by atoms with Crippen LogP contribution in [-0.4, -0.2) is 29.6 Å². The van der Waals surface area contributed by atoms with Crippen LogP contribution in [-0.2, 0) is 24.6 Å². The zero-order valence-electron chi connectivity index (χ0n) is 23.1. The molecule has 0 aromatic carbocycles. The Morgan fingerprint density at radius 2 is 1.68 bits per heavy atom. The van der Waals surface area contributed by atoms with Gasteiger partial charge < -0.3 is 5.11 Å². The van der Waals surface area contributed by atoms with Crippen LogP contribution in [0.1, 0.15) is 61.5 Å². The highest BCUT2D eigenvalue weighted by atomic mass is 35.5. The minimum absolute atomic E-state index is 0.0142. The molecule has 40 heavy (non-hydrogen) atoms. The number of aryl methyl sites for hydroxylation is 4. The number of hydrogen-bond donors (Lipinski definition) is 1. The molecule has 0 saturated carbocycles. The van der Waals surface area contributed by atoms with Crippen LogP contribution in [0.5, 0.6) is 0 Å². The lowest BCUT2D eigenvalue weighted by Gasteiger charge is -2.17. The normalized spacial score (nSPS) is 11.7. The maximum atomic E-state index is 13.4. The van der Waals surface area contributed by atoms with Crippen molar-refractivity contribution in [2.24, 2.45) is 0 Å². The Morgan fingerprint density at radius 1 is 0.975 bits per heavy atom. The highest BCUT2D eigenvalue weighted by Gasteiger charge is 2.31. The van der Waals surface area contributed by atoms with Crippen LogP contribution >= 0.6 is 11.6 Å². The summed E-state index contributed by atoms with van der Waals surface area (Å²) in [7, 11) is 0. The minimum Gasteiger partial charge on any atom is -0.382 e. The van der Waals surface area contributed by atoms with E-state index in [1.54, 1.807) is 45.2 Å². The Bertz CT molecular complexity index is 1560. The maximum absolute atomic E-state index is 13.4. The molecule has 0 aliphatic rings. The zero-order valence-corrected chi connectivity index (χ0v) is 23.9. The molecule has 4 aromatic rings. The second-order valence-corrected chi connectivity index (χ2v) is 9.90. The van der Waals surface area contributed by atoms with E-state index < -0.39 is 22.9 Å². The molecular formula is C29H31ClF3N5O2. The summed E-state index contributed by atoms with van der Waals surface area (Å²) in [5.41, 5.74) is 1.21. The molecule has 0 aliphatic carbocycles. The Morgan fingerprint density at radius 3 is 2.33 bits per heavy atom. The van der Waals surface area contributed by atoms with E-state index in [1.807, 2.05) is 20.8 Å². The number of rotatable bonds is 6. The van der Waals surface area contributed by atoms with E-state index in [0.29, 0.717) is 33.9 Å². The third kappa shape index (κ3) is 6.92. The van der Waals surface area contributed by atoms with Gasteiger partial charge in [-0.15, -0.1) is 0 Å². The molecule has 4 heterocycles. The fraction of sp³-hybridized carbons (Fsp3) is 0.345.